The molecule has 2 aromatic heterocycles. The van der Waals surface area contributed by atoms with Gasteiger partial charge >= 0.3 is 0 Å². The molecule has 0 aliphatic carbocycles. The molecule has 0 fully saturated rings. The molecule has 94 valence electrons. The smallest absolute Gasteiger partial charge is 0.253 e. The van der Waals surface area contributed by atoms with Crippen molar-refractivity contribution in [3.63, 3.8) is 0 Å². The van der Waals surface area contributed by atoms with Crippen molar-refractivity contribution in [2.24, 2.45) is 0 Å². The standard InChI is InChI=1S/C12H14N4O2/c1-8-5-9(16-18-8)6-15-12(17)10-3-4-14-7-11(10)13-2/h3-5,7,13H,6H2,1-2H3,(H,15,17). The summed E-state index contributed by atoms with van der Waals surface area (Å²) in [6, 6.07) is 3.45. The van der Waals surface area contributed by atoms with Gasteiger partial charge in [0.1, 0.15) is 11.5 Å². The lowest BCUT2D eigenvalue weighted by Crippen LogP contribution is -2.23. The predicted octanol–water partition coefficient (Wildman–Crippen LogP) is 1.35. The van der Waals surface area contributed by atoms with Crippen LogP contribution in [-0.4, -0.2) is 23.1 Å². The fourth-order valence-electron chi connectivity index (χ4n) is 1.56. The van der Waals surface area contributed by atoms with Gasteiger partial charge in [0, 0.05) is 19.3 Å². The fraction of sp³-hybridized carbons (Fsp3) is 0.250. The first-order valence-corrected chi connectivity index (χ1v) is 5.53. The Morgan fingerprint density at radius 2 is 2.33 bits per heavy atom. The molecule has 0 saturated heterocycles. The highest BCUT2D eigenvalue weighted by Crippen LogP contribution is 2.12. The van der Waals surface area contributed by atoms with E-state index in [0.717, 1.165) is 5.76 Å². The first kappa shape index (κ1) is 12.1. The second-order valence-corrected chi connectivity index (χ2v) is 3.78. The molecule has 2 rings (SSSR count). The fourth-order valence-corrected chi connectivity index (χ4v) is 1.56. The molecule has 0 atom stereocenters. The summed E-state index contributed by atoms with van der Waals surface area (Å²) in [6.45, 7) is 2.14. The molecular weight excluding hydrogens is 232 g/mol. The van der Waals surface area contributed by atoms with Crippen LogP contribution in [0.4, 0.5) is 5.69 Å². The van der Waals surface area contributed by atoms with Crippen LogP contribution in [0.5, 0.6) is 0 Å². The summed E-state index contributed by atoms with van der Waals surface area (Å²) in [7, 11) is 1.74. The quantitative estimate of drug-likeness (QED) is 0.851. The Balaban J connectivity index is 2.03. The van der Waals surface area contributed by atoms with E-state index in [9.17, 15) is 4.79 Å². The Bertz CT molecular complexity index is 551. The molecular formula is C12H14N4O2. The van der Waals surface area contributed by atoms with Crippen molar-refractivity contribution >= 4 is 11.6 Å². The van der Waals surface area contributed by atoms with E-state index in [2.05, 4.69) is 20.8 Å². The van der Waals surface area contributed by atoms with E-state index in [1.807, 2.05) is 0 Å². The number of amides is 1. The maximum atomic E-state index is 12.0. The maximum Gasteiger partial charge on any atom is 0.253 e. The zero-order valence-electron chi connectivity index (χ0n) is 10.2. The van der Waals surface area contributed by atoms with Crippen LogP contribution in [0.15, 0.2) is 29.0 Å². The Morgan fingerprint density at radius 1 is 1.50 bits per heavy atom. The van der Waals surface area contributed by atoms with Gasteiger partial charge in [-0.05, 0) is 13.0 Å². The molecule has 0 radical (unpaired) electrons. The third kappa shape index (κ3) is 2.65. The number of carbonyl (C=O) groups is 1. The lowest BCUT2D eigenvalue weighted by Gasteiger charge is -2.07. The summed E-state index contributed by atoms with van der Waals surface area (Å²) in [4.78, 5) is 15.9. The summed E-state index contributed by atoms with van der Waals surface area (Å²) >= 11 is 0. The minimum atomic E-state index is -0.178. The highest BCUT2D eigenvalue weighted by Gasteiger charge is 2.10. The van der Waals surface area contributed by atoms with Gasteiger partial charge in [0.15, 0.2) is 0 Å². The number of carbonyl (C=O) groups excluding carboxylic acids is 1. The highest BCUT2D eigenvalue weighted by molar-refractivity contribution is 5.99. The maximum absolute atomic E-state index is 12.0. The minimum Gasteiger partial charge on any atom is -0.386 e. The van der Waals surface area contributed by atoms with Crippen LogP contribution in [0.1, 0.15) is 21.8 Å². The van der Waals surface area contributed by atoms with E-state index in [1.165, 1.54) is 0 Å². The number of hydrogen-bond donors (Lipinski definition) is 2. The van der Waals surface area contributed by atoms with Crippen molar-refractivity contribution in [3.05, 3.63) is 41.5 Å². The largest absolute Gasteiger partial charge is 0.386 e. The van der Waals surface area contributed by atoms with Gasteiger partial charge in [-0.2, -0.15) is 0 Å². The molecule has 6 nitrogen and oxygen atoms in total. The summed E-state index contributed by atoms with van der Waals surface area (Å²) in [5.41, 5.74) is 1.93. The molecule has 2 heterocycles. The molecule has 0 spiro atoms. The van der Waals surface area contributed by atoms with Gasteiger partial charge in [0.25, 0.3) is 5.91 Å². The summed E-state index contributed by atoms with van der Waals surface area (Å²) in [6.07, 6.45) is 3.19. The normalized spacial score (nSPS) is 10.1. The van der Waals surface area contributed by atoms with Crippen LogP contribution in [0.2, 0.25) is 0 Å². The van der Waals surface area contributed by atoms with E-state index in [0.29, 0.717) is 23.5 Å². The molecule has 2 aromatic rings. The van der Waals surface area contributed by atoms with Crippen LogP contribution in [0.25, 0.3) is 0 Å². The van der Waals surface area contributed by atoms with Gasteiger partial charge in [0.2, 0.25) is 0 Å². The third-order valence-electron chi connectivity index (χ3n) is 2.44. The first-order chi connectivity index (χ1) is 8.70. The number of rotatable bonds is 4. The van der Waals surface area contributed by atoms with E-state index in [1.54, 1.807) is 38.5 Å². The number of aromatic nitrogens is 2. The predicted molar refractivity (Wildman–Crippen MR) is 66.2 cm³/mol. The lowest BCUT2D eigenvalue weighted by atomic mass is 10.2. The Labute approximate surface area is 104 Å². The van der Waals surface area contributed by atoms with Gasteiger partial charge in [-0.25, -0.2) is 0 Å². The number of nitrogens with one attached hydrogen (secondary N) is 2. The van der Waals surface area contributed by atoms with E-state index < -0.39 is 0 Å². The summed E-state index contributed by atoms with van der Waals surface area (Å²) in [5.74, 6) is 0.543. The molecule has 6 heteroatoms. The van der Waals surface area contributed by atoms with Crippen LogP contribution >= 0.6 is 0 Å². The Morgan fingerprint density at radius 3 is 3.00 bits per heavy atom. The average Bonchev–Trinajstić information content (AvgIpc) is 2.81. The second-order valence-electron chi connectivity index (χ2n) is 3.78. The van der Waals surface area contributed by atoms with Gasteiger partial charge < -0.3 is 15.2 Å². The van der Waals surface area contributed by atoms with Crippen LogP contribution in [-0.2, 0) is 6.54 Å². The second kappa shape index (κ2) is 5.31. The van der Waals surface area contributed by atoms with Crippen LogP contribution in [0.3, 0.4) is 0 Å². The number of anilines is 1. The van der Waals surface area contributed by atoms with Crippen molar-refractivity contribution in [2.45, 2.75) is 13.5 Å². The minimum absolute atomic E-state index is 0.178. The summed E-state index contributed by atoms with van der Waals surface area (Å²) in [5, 5.41) is 9.50. The third-order valence-corrected chi connectivity index (χ3v) is 2.44. The van der Waals surface area contributed by atoms with Gasteiger partial charge in [0.05, 0.1) is 24.0 Å². The molecule has 1 amide bonds. The molecule has 18 heavy (non-hydrogen) atoms. The zero-order chi connectivity index (χ0) is 13.0. The van der Waals surface area contributed by atoms with Crippen molar-refractivity contribution in [1.29, 1.82) is 0 Å². The monoisotopic (exact) mass is 246 g/mol. The highest BCUT2D eigenvalue weighted by atomic mass is 16.5. The van der Waals surface area contributed by atoms with Crippen molar-refractivity contribution in [3.8, 4) is 0 Å². The van der Waals surface area contributed by atoms with Crippen molar-refractivity contribution < 1.29 is 9.32 Å². The number of pyridine rings is 1. The van der Waals surface area contributed by atoms with Crippen molar-refractivity contribution in [1.82, 2.24) is 15.5 Å². The zero-order valence-corrected chi connectivity index (χ0v) is 10.2. The van der Waals surface area contributed by atoms with E-state index >= 15 is 0 Å². The molecule has 0 aliphatic heterocycles. The average molecular weight is 246 g/mol. The molecule has 0 aliphatic rings. The van der Waals surface area contributed by atoms with Gasteiger partial charge in [-0.1, -0.05) is 5.16 Å². The number of nitrogens with zero attached hydrogens (tertiary/aromatic N) is 2. The number of hydrogen-bond acceptors (Lipinski definition) is 5. The molecule has 0 bridgehead atoms. The molecule has 0 saturated carbocycles. The SMILES string of the molecule is CNc1cnccc1C(=O)NCc1cc(C)on1. The van der Waals surface area contributed by atoms with E-state index in [-0.39, 0.29) is 5.91 Å². The van der Waals surface area contributed by atoms with Crippen molar-refractivity contribution in [2.75, 3.05) is 12.4 Å². The summed E-state index contributed by atoms with van der Waals surface area (Å²) < 4.78 is 4.92. The first-order valence-electron chi connectivity index (χ1n) is 5.53. The number of aryl methyl sites for hydroxylation is 1. The molecule has 0 aromatic carbocycles. The Kier molecular flexibility index (Phi) is 3.57. The topological polar surface area (TPSA) is 80.0 Å². The van der Waals surface area contributed by atoms with Crippen LogP contribution < -0.4 is 10.6 Å². The molecule has 0 unspecified atom stereocenters. The lowest BCUT2D eigenvalue weighted by molar-refractivity contribution is 0.0951. The van der Waals surface area contributed by atoms with Gasteiger partial charge in [-0.15, -0.1) is 0 Å². The Hall–Kier alpha value is -2.37. The van der Waals surface area contributed by atoms with Gasteiger partial charge in [-0.3, -0.25) is 9.78 Å². The van der Waals surface area contributed by atoms with Crippen LogP contribution in [0, 0.1) is 6.92 Å². The van der Waals surface area contributed by atoms with E-state index in [4.69, 9.17) is 4.52 Å². The molecule has 2 N–H and O–H groups in total.